The van der Waals surface area contributed by atoms with Gasteiger partial charge in [0.1, 0.15) is 11.4 Å². The number of amides is 2. The Bertz CT molecular complexity index is 477. The highest BCUT2D eigenvalue weighted by molar-refractivity contribution is 5.97. The standard InChI is InChI=1S/C14H21N3O3/c1-14(2,3)20-10-6-4-9(5-7-10)17-13(19)11(15)8-12(16)18/h4-7,11H,8,15H2,1-3H3,(H2,16,18)(H,17,19)/t11-/m0/s1. The van der Waals surface area contributed by atoms with Crippen molar-refractivity contribution >= 4 is 17.5 Å². The molecule has 0 fully saturated rings. The topological polar surface area (TPSA) is 107 Å². The molecule has 0 saturated carbocycles. The zero-order chi connectivity index (χ0) is 15.3. The maximum Gasteiger partial charge on any atom is 0.241 e. The van der Waals surface area contributed by atoms with Crippen LogP contribution in [0.3, 0.4) is 0 Å². The number of anilines is 1. The van der Waals surface area contributed by atoms with Gasteiger partial charge in [-0.3, -0.25) is 9.59 Å². The molecule has 1 aromatic rings. The third-order valence-electron chi connectivity index (χ3n) is 2.30. The van der Waals surface area contributed by atoms with E-state index in [1.54, 1.807) is 24.3 Å². The van der Waals surface area contributed by atoms with E-state index in [1.165, 1.54) is 0 Å². The SMILES string of the molecule is CC(C)(C)Oc1ccc(NC(=O)[C@@H](N)CC(N)=O)cc1. The monoisotopic (exact) mass is 279 g/mol. The molecule has 5 N–H and O–H groups in total. The number of rotatable bonds is 5. The van der Waals surface area contributed by atoms with Gasteiger partial charge in [0.25, 0.3) is 0 Å². The van der Waals surface area contributed by atoms with Crippen LogP contribution in [0.4, 0.5) is 5.69 Å². The number of nitrogens with two attached hydrogens (primary N) is 2. The number of hydrogen-bond donors (Lipinski definition) is 3. The fraction of sp³-hybridized carbons (Fsp3) is 0.429. The summed E-state index contributed by atoms with van der Waals surface area (Å²) in [6.45, 7) is 5.85. The Labute approximate surface area is 118 Å². The molecule has 0 aliphatic carbocycles. The predicted molar refractivity (Wildman–Crippen MR) is 77.2 cm³/mol. The summed E-state index contributed by atoms with van der Waals surface area (Å²) in [6.07, 6.45) is -0.183. The van der Waals surface area contributed by atoms with Gasteiger partial charge in [-0.15, -0.1) is 0 Å². The second kappa shape index (κ2) is 6.38. The van der Waals surface area contributed by atoms with Crippen LogP contribution in [-0.2, 0) is 9.59 Å². The maximum absolute atomic E-state index is 11.7. The average Bonchev–Trinajstić information content (AvgIpc) is 2.28. The first-order valence-electron chi connectivity index (χ1n) is 6.31. The Hall–Kier alpha value is -2.08. The van der Waals surface area contributed by atoms with Gasteiger partial charge in [-0.1, -0.05) is 0 Å². The summed E-state index contributed by atoms with van der Waals surface area (Å²) in [5, 5.41) is 2.61. The van der Waals surface area contributed by atoms with E-state index >= 15 is 0 Å². The molecule has 0 bridgehead atoms. The van der Waals surface area contributed by atoms with Crippen LogP contribution < -0.4 is 21.5 Å². The van der Waals surface area contributed by atoms with E-state index in [0.29, 0.717) is 11.4 Å². The Kier molecular flexibility index (Phi) is 5.10. The van der Waals surface area contributed by atoms with Gasteiger partial charge in [0.05, 0.1) is 12.5 Å². The molecule has 0 aliphatic rings. The lowest BCUT2D eigenvalue weighted by Crippen LogP contribution is -2.38. The van der Waals surface area contributed by atoms with Crippen molar-refractivity contribution in [2.45, 2.75) is 38.8 Å². The minimum absolute atomic E-state index is 0.183. The molecular weight excluding hydrogens is 258 g/mol. The van der Waals surface area contributed by atoms with Crippen molar-refractivity contribution in [2.24, 2.45) is 11.5 Å². The van der Waals surface area contributed by atoms with Crippen LogP contribution >= 0.6 is 0 Å². The quantitative estimate of drug-likeness (QED) is 0.747. The van der Waals surface area contributed by atoms with Gasteiger partial charge >= 0.3 is 0 Å². The summed E-state index contributed by atoms with van der Waals surface area (Å²) in [6, 6.07) is 5.96. The third kappa shape index (κ3) is 5.71. The van der Waals surface area contributed by atoms with Crippen molar-refractivity contribution in [3.8, 4) is 5.75 Å². The molecule has 0 aliphatic heterocycles. The molecule has 0 unspecified atom stereocenters. The lowest BCUT2D eigenvalue weighted by atomic mass is 10.2. The second-order valence-corrected chi connectivity index (χ2v) is 5.50. The van der Waals surface area contributed by atoms with Gasteiger partial charge in [-0.2, -0.15) is 0 Å². The lowest BCUT2D eigenvalue weighted by molar-refractivity contribution is -0.123. The molecule has 0 heterocycles. The maximum atomic E-state index is 11.7. The van der Waals surface area contributed by atoms with Crippen molar-refractivity contribution in [2.75, 3.05) is 5.32 Å². The molecular formula is C14H21N3O3. The number of benzene rings is 1. The first kappa shape index (κ1) is 16.0. The van der Waals surface area contributed by atoms with Gasteiger partial charge in [-0.25, -0.2) is 0 Å². The van der Waals surface area contributed by atoms with Crippen molar-refractivity contribution < 1.29 is 14.3 Å². The highest BCUT2D eigenvalue weighted by atomic mass is 16.5. The molecule has 110 valence electrons. The molecule has 6 nitrogen and oxygen atoms in total. The third-order valence-corrected chi connectivity index (χ3v) is 2.30. The molecule has 20 heavy (non-hydrogen) atoms. The molecule has 2 amide bonds. The number of primary amides is 1. The molecule has 0 spiro atoms. The first-order chi connectivity index (χ1) is 9.17. The summed E-state index contributed by atoms with van der Waals surface area (Å²) in [5.74, 6) is -0.355. The normalized spacial score (nSPS) is 12.6. The van der Waals surface area contributed by atoms with Gasteiger partial charge < -0.3 is 21.5 Å². The van der Waals surface area contributed by atoms with E-state index in [-0.39, 0.29) is 12.0 Å². The van der Waals surface area contributed by atoms with E-state index in [1.807, 2.05) is 20.8 Å². The Morgan fingerprint density at radius 3 is 2.25 bits per heavy atom. The zero-order valence-corrected chi connectivity index (χ0v) is 12.0. The second-order valence-electron chi connectivity index (χ2n) is 5.50. The lowest BCUT2D eigenvalue weighted by Gasteiger charge is -2.21. The Balaban J connectivity index is 2.61. The molecule has 0 radical (unpaired) electrons. The number of carbonyl (C=O) groups excluding carboxylic acids is 2. The van der Waals surface area contributed by atoms with E-state index in [0.717, 1.165) is 0 Å². The minimum atomic E-state index is -0.946. The summed E-state index contributed by atoms with van der Waals surface area (Å²) in [7, 11) is 0. The van der Waals surface area contributed by atoms with Crippen LogP contribution in [0.5, 0.6) is 5.75 Å². The highest BCUT2D eigenvalue weighted by Crippen LogP contribution is 2.20. The molecule has 1 atom stereocenters. The van der Waals surface area contributed by atoms with Crippen LogP contribution in [0.2, 0.25) is 0 Å². The molecule has 1 rings (SSSR count). The van der Waals surface area contributed by atoms with Crippen molar-refractivity contribution in [3.05, 3.63) is 24.3 Å². The number of carbonyl (C=O) groups is 2. The van der Waals surface area contributed by atoms with Crippen LogP contribution in [-0.4, -0.2) is 23.5 Å². The van der Waals surface area contributed by atoms with Gasteiger partial charge in [0.2, 0.25) is 11.8 Å². The molecule has 0 aromatic heterocycles. The molecule has 0 saturated heterocycles. The molecule has 6 heteroatoms. The molecule has 1 aromatic carbocycles. The van der Waals surface area contributed by atoms with E-state index in [9.17, 15) is 9.59 Å². The number of ether oxygens (including phenoxy) is 1. The van der Waals surface area contributed by atoms with Crippen molar-refractivity contribution in [1.82, 2.24) is 0 Å². The van der Waals surface area contributed by atoms with E-state index in [2.05, 4.69) is 5.32 Å². The fourth-order valence-electron chi connectivity index (χ4n) is 1.50. The van der Waals surface area contributed by atoms with Gasteiger partial charge in [0.15, 0.2) is 0 Å². The van der Waals surface area contributed by atoms with Gasteiger partial charge in [-0.05, 0) is 45.0 Å². The Morgan fingerprint density at radius 2 is 1.80 bits per heavy atom. The Morgan fingerprint density at radius 1 is 1.25 bits per heavy atom. The first-order valence-corrected chi connectivity index (χ1v) is 6.31. The van der Waals surface area contributed by atoms with Crippen LogP contribution in [0.25, 0.3) is 0 Å². The minimum Gasteiger partial charge on any atom is -0.488 e. The van der Waals surface area contributed by atoms with Crippen molar-refractivity contribution in [3.63, 3.8) is 0 Å². The smallest absolute Gasteiger partial charge is 0.241 e. The number of hydrogen-bond acceptors (Lipinski definition) is 4. The van der Waals surface area contributed by atoms with Gasteiger partial charge in [0, 0.05) is 5.69 Å². The highest BCUT2D eigenvalue weighted by Gasteiger charge is 2.16. The van der Waals surface area contributed by atoms with Crippen molar-refractivity contribution in [1.29, 1.82) is 0 Å². The van der Waals surface area contributed by atoms with E-state index in [4.69, 9.17) is 16.2 Å². The number of nitrogens with one attached hydrogen (secondary N) is 1. The summed E-state index contributed by atoms with van der Waals surface area (Å²) in [5.41, 5.74) is 10.8. The van der Waals surface area contributed by atoms with Crippen LogP contribution in [0.15, 0.2) is 24.3 Å². The van der Waals surface area contributed by atoms with Crippen LogP contribution in [0, 0.1) is 0 Å². The fourth-order valence-corrected chi connectivity index (χ4v) is 1.50. The van der Waals surface area contributed by atoms with Crippen LogP contribution in [0.1, 0.15) is 27.2 Å². The summed E-state index contributed by atoms with van der Waals surface area (Å²) >= 11 is 0. The average molecular weight is 279 g/mol. The van der Waals surface area contributed by atoms with E-state index < -0.39 is 17.9 Å². The largest absolute Gasteiger partial charge is 0.488 e. The summed E-state index contributed by atoms with van der Waals surface area (Å²) in [4.78, 5) is 22.4. The zero-order valence-electron chi connectivity index (χ0n) is 12.0. The summed E-state index contributed by atoms with van der Waals surface area (Å²) < 4.78 is 5.66. The predicted octanol–water partition coefficient (Wildman–Crippen LogP) is 1.01.